The molecule has 0 bridgehead atoms. The Morgan fingerprint density at radius 2 is 2.30 bits per heavy atom. The highest BCUT2D eigenvalue weighted by atomic mass is 32.1. The summed E-state index contributed by atoms with van der Waals surface area (Å²) < 4.78 is 5.17. The van der Waals surface area contributed by atoms with Gasteiger partial charge in [-0.2, -0.15) is 0 Å². The number of carboxylic acids is 1. The van der Waals surface area contributed by atoms with E-state index in [0.717, 1.165) is 6.42 Å². The minimum absolute atomic E-state index is 0.129. The lowest BCUT2D eigenvalue weighted by atomic mass is 9.77. The van der Waals surface area contributed by atoms with Crippen molar-refractivity contribution in [2.45, 2.75) is 26.2 Å². The number of ether oxygens (including phenoxy) is 1. The summed E-state index contributed by atoms with van der Waals surface area (Å²) in [7, 11) is 1.53. The number of thiophene rings is 1. The predicted molar refractivity (Wildman–Crippen MR) is 76.4 cm³/mol. The van der Waals surface area contributed by atoms with Gasteiger partial charge < -0.3 is 14.7 Å². The van der Waals surface area contributed by atoms with Crippen LogP contribution in [-0.4, -0.2) is 42.1 Å². The number of carbonyl (C=O) groups excluding carboxylic acids is 1. The Bertz CT molecular complexity index is 513. The van der Waals surface area contributed by atoms with Crippen LogP contribution in [0, 0.1) is 5.41 Å². The number of methoxy groups -OCH3 is 1. The van der Waals surface area contributed by atoms with E-state index in [-0.39, 0.29) is 12.5 Å². The molecule has 110 valence electrons. The minimum atomic E-state index is -0.810. The largest absolute Gasteiger partial charge is 0.495 e. The molecule has 2 rings (SSSR count). The quantitative estimate of drug-likeness (QED) is 0.927. The molecule has 0 aromatic carbocycles. The predicted octanol–water partition coefficient (Wildman–Crippen LogP) is 2.47. The van der Waals surface area contributed by atoms with E-state index in [1.807, 2.05) is 6.92 Å². The van der Waals surface area contributed by atoms with Crippen molar-refractivity contribution in [1.82, 2.24) is 4.90 Å². The number of amides is 1. The van der Waals surface area contributed by atoms with E-state index < -0.39 is 11.4 Å². The van der Waals surface area contributed by atoms with Gasteiger partial charge in [-0.15, -0.1) is 11.3 Å². The molecule has 2 heterocycles. The summed E-state index contributed by atoms with van der Waals surface area (Å²) in [5.41, 5.74) is -0.807. The van der Waals surface area contributed by atoms with Crippen molar-refractivity contribution in [2.24, 2.45) is 5.41 Å². The fourth-order valence-electron chi connectivity index (χ4n) is 2.68. The zero-order chi connectivity index (χ0) is 14.8. The smallest absolute Gasteiger partial charge is 0.311 e. The van der Waals surface area contributed by atoms with Crippen molar-refractivity contribution < 1.29 is 19.4 Å². The highest BCUT2D eigenvalue weighted by Gasteiger charge is 2.42. The van der Waals surface area contributed by atoms with Crippen molar-refractivity contribution in [1.29, 1.82) is 0 Å². The number of aliphatic carboxylic acids is 1. The van der Waals surface area contributed by atoms with Crippen molar-refractivity contribution >= 4 is 23.2 Å². The molecule has 1 fully saturated rings. The number of carboxylic acid groups (broad SMARTS) is 1. The Morgan fingerprint density at radius 1 is 1.55 bits per heavy atom. The van der Waals surface area contributed by atoms with E-state index in [1.54, 1.807) is 16.3 Å². The van der Waals surface area contributed by atoms with Crippen LogP contribution in [0.1, 0.15) is 35.9 Å². The summed E-state index contributed by atoms with van der Waals surface area (Å²) in [5, 5.41) is 11.3. The Hall–Kier alpha value is -1.56. The molecule has 0 saturated carbocycles. The van der Waals surface area contributed by atoms with Crippen LogP contribution in [0.4, 0.5) is 0 Å². The summed E-state index contributed by atoms with van der Waals surface area (Å²) in [6.07, 6.45) is 1.89. The van der Waals surface area contributed by atoms with Crippen LogP contribution in [-0.2, 0) is 4.79 Å². The van der Waals surface area contributed by atoms with Crippen LogP contribution in [0.15, 0.2) is 11.4 Å². The number of carbonyl (C=O) groups is 2. The molecule has 20 heavy (non-hydrogen) atoms. The lowest BCUT2D eigenvalue weighted by Crippen LogP contribution is -2.49. The fourth-order valence-corrected chi connectivity index (χ4v) is 3.50. The number of rotatable bonds is 4. The van der Waals surface area contributed by atoms with Gasteiger partial charge in [0.05, 0.1) is 12.5 Å². The van der Waals surface area contributed by atoms with Gasteiger partial charge in [0.15, 0.2) is 0 Å². The normalized spacial score (nSPS) is 22.6. The Morgan fingerprint density at radius 3 is 2.90 bits per heavy atom. The third kappa shape index (κ3) is 2.52. The molecule has 5 nitrogen and oxygen atoms in total. The molecule has 1 unspecified atom stereocenters. The average molecular weight is 297 g/mol. The van der Waals surface area contributed by atoms with Crippen LogP contribution >= 0.6 is 11.3 Å². The fraction of sp³-hybridized carbons (Fsp3) is 0.571. The lowest BCUT2D eigenvalue weighted by molar-refractivity contribution is -0.152. The zero-order valence-electron chi connectivity index (χ0n) is 11.7. The topological polar surface area (TPSA) is 66.8 Å². The van der Waals surface area contributed by atoms with Crippen LogP contribution in [0.2, 0.25) is 0 Å². The van der Waals surface area contributed by atoms with Crippen LogP contribution in [0.25, 0.3) is 0 Å². The van der Waals surface area contributed by atoms with Crippen LogP contribution in [0.5, 0.6) is 5.75 Å². The van der Waals surface area contributed by atoms with Gasteiger partial charge in [-0.05, 0) is 30.7 Å². The summed E-state index contributed by atoms with van der Waals surface area (Å²) in [5.74, 6) is -0.380. The Balaban J connectivity index is 2.21. The molecule has 1 aromatic heterocycles. The van der Waals surface area contributed by atoms with E-state index in [1.165, 1.54) is 18.4 Å². The van der Waals surface area contributed by atoms with E-state index >= 15 is 0 Å². The number of piperidine rings is 1. The minimum Gasteiger partial charge on any atom is -0.495 e. The van der Waals surface area contributed by atoms with Gasteiger partial charge in [-0.25, -0.2) is 0 Å². The van der Waals surface area contributed by atoms with Gasteiger partial charge in [-0.1, -0.05) is 6.92 Å². The molecule has 1 aromatic rings. The Kier molecular flexibility index (Phi) is 4.32. The molecule has 0 radical (unpaired) electrons. The summed E-state index contributed by atoms with van der Waals surface area (Å²) in [6, 6.07) is 1.76. The van der Waals surface area contributed by atoms with Gasteiger partial charge in [0.2, 0.25) is 0 Å². The van der Waals surface area contributed by atoms with Gasteiger partial charge in [0, 0.05) is 13.1 Å². The summed E-state index contributed by atoms with van der Waals surface area (Å²) in [6.45, 7) is 2.75. The van der Waals surface area contributed by atoms with Crippen molar-refractivity contribution in [3.8, 4) is 5.75 Å². The number of nitrogens with zero attached hydrogens (tertiary/aromatic N) is 1. The van der Waals surface area contributed by atoms with Crippen LogP contribution < -0.4 is 4.74 Å². The van der Waals surface area contributed by atoms with Crippen molar-refractivity contribution in [2.75, 3.05) is 20.2 Å². The maximum atomic E-state index is 12.5. The second-order valence-corrected chi connectivity index (χ2v) is 6.00. The van der Waals surface area contributed by atoms with Gasteiger partial charge in [-0.3, -0.25) is 9.59 Å². The molecule has 1 N–H and O–H groups in total. The molecule has 1 saturated heterocycles. The third-order valence-corrected chi connectivity index (χ3v) is 4.92. The number of hydrogen-bond acceptors (Lipinski definition) is 4. The molecule has 1 aliphatic rings. The number of likely N-dealkylation sites (tertiary alicyclic amines) is 1. The maximum Gasteiger partial charge on any atom is 0.311 e. The molecule has 0 spiro atoms. The average Bonchev–Trinajstić information content (AvgIpc) is 2.94. The Labute approximate surface area is 122 Å². The van der Waals surface area contributed by atoms with Gasteiger partial charge in [0.25, 0.3) is 5.91 Å². The molecule has 0 aliphatic carbocycles. The van der Waals surface area contributed by atoms with Crippen molar-refractivity contribution in [3.05, 3.63) is 16.3 Å². The number of hydrogen-bond donors (Lipinski definition) is 1. The zero-order valence-corrected chi connectivity index (χ0v) is 12.5. The van der Waals surface area contributed by atoms with E-state index in [2.05, 4.69) is 0 Å². The third-order valence-electron chi connectivity index (χ3n) is 4.04. The van der Waals surface area contributed by atoms with Gasteiger partial charge in [0.1, 0.15) is 10.6 Å². The first kappa shape index (κ1) is 14.8. The molecule has 1 amide bonds. The van der Waals surface area contributed by atoms with Crippen molar-refractivity contribution in [3.63, 3.8) is 0 Å². The molecule has 6 heteroatoms. The lowest BCUT2D eigenvalue weighted by Gasteiger charge is -2.39. The first-order valence-electron chi connectivity index (χ1n) is 6.68. The highest BCUT2D eigenvalue weighted by molar-refractivity contribution is 7.12. The molecular formula is C14H19NO4S. The molecule has 1 atom stereocenters. The van der Waals surface area contributed by atoms with Gasteiger partial charge >= 0.3 is 5.97 Å². The van der Waals surface area contributed by atoms with E-state index in [0.29, 0.717) is 30.0 Å². The molecular weight excluding hydrogens is 278 g/mol. The summed E-state index contributed by atoms with van der Waals surface area (Å²) in [4.78, 5) is 26.2. The van der Waals surface area contributed by atoms with E-state index in [4.69, 9.17) is 4.74 Å². The highest BCUT2D eigenvalue weighted by Crippen LogP contribution is 2.35. The van der Waals surface area contributed by atoms with Crippen LogP contribution in [0.3, 0.4) is 0 Å². The monoisotopic (exact) mass is 297 g/mol. The SMILES string of the molecule is CCC1(C(=O)O)CCCN(C(=O)c2sccc2OC)C1. The first-order chi connectivity index (χ1) is 9.54. The standard InChI is InChI=1S/C14H19NO4S/c1-3-14(13(17)18)6-4-7-15(9-14)12(16)11-10(19-2)5-8-20-11/h5,8H,3-4,6-7,9H2,1-2H3,(H,17,18). The second kappa shape index (κ2) is 5.83. The second-order valence-electron chi connectivity index (χ2n) is 5.09. The maximum absolute atomic E-state index is 12.5. The van der Waals surface area contributed by atoms with E-state index in [9.17, 15) is 14.7 Å². The summed E-state index contributed by atoms with van der Waals surface area (Å²) >= 11 is 1.33. The molecule has 1 aliphatic heterocycles. The first-order valence-corrected chi connectivity index (χ1v) is 7.56.